The summed E-state index contributed by atoms with van der Waals surface area (Å²) in [5.41, 5.74) is 6.26. The molecule has 1 aliphatic carbocycles. The van der Waals surface area contributed by atoms with Gasteiger partial charge in [-0.15, -0.1) is 0 Å². The number of anilines is 1. The molecule has 0 radical (unpaired) electrons. The molecule has 1 atom stereocenters. The highest BCUT2D eigenvalue weighted by Crippen LogP contribution is 2.36. The van der Waals surface area contributed by atoms with Crippen LogP contribution in [0.3, 0.4) is 0 Å². The SMILES string of the molecule is CC1(C)CCCC(NS(=O)(=O)c2cc(Br)ccc2N)C1. The maximum atomic E-state index is 12.5. The molecule has 0 amide bonds. The Morgan fingerprint density at radius 1 is 1.40 bits per heavy atom. The average Bonchev–Trinajstić information content (AvgIpc) is 2.30. The largest absolute Gasteiger partial charge is 0.398 e. The van der Waals surface area contributed by atoms with E-state index in [0.29, 0.717) is 4.47 Å². The van der Waals surface area contributed by atoms with Crippen LogP contribution in [0.1, 0.15) is 39.5 Å². The normalized spacial score (nSPS) is 22.6. The summed E-state index contributed by atoms with van der Waals surface area (Å²) in [5.74, 6) is 0. The van der Waals surface area contributed by atoms with Gasteiger partial charge in [-0.2, -0.15) is 0 Å². The number of hydrogen-bond donors (Lipinski definition) is 2. The molecule has 1 saturated carbocycles. The van der Waals surface area contributed by atoms with E-state index in [-0.39, 0.29) is 22.0 Å². The van der Waals surface area contributed by atoms with Crippen molar-refractivity contribution in [2.45, 2.75) is 50.5 Å². The summed E-state index contributed by atoms with van der Waals surface area (Å²) in [5, 5.41) is 0. The molecule has 2 rings (SSSR count). The summed E-state index contributed by atoms with van der Waals surface area (Å²) in [4.78, 5) is 0.148. The third kappa shape index (κ3) is 3.74. The van der Waals surface area contributed by atoms with Crippen molar-refractivity contribution in [2.24, 2.45) is 5.41 Å². The van der Waals surface area contributed by atoms with Crippen LogP contribution >= 0.6 is 15.9 Å². The minimum Gasteiger partial charge on any atom is -0.398 e. The average molecular weight is 361 g/mol. The quantitative estimate of drug-likeness (QED) is 0.812. The fraction of sp³-hybridized carbons (Fsp3) is 0.571. The monoisotopic (exact) mass is 360 g/mol. The van der Waals surface area contributed by atoms with Gasteiger partial charge in [-0.1, -0.05) is 36.2 Å². The number of nitrogen functional groups attached to an aromatic ring is 1. The van der Waals surface area contributed by atoms with Crippen molar-refractivity contribution in [2.75, 3.05) is 5.73 Å². The molecule has 20 heavy (non-hydrogen) atoms. The minimum absolute atomic E-state index is 0.0119. The van der Waals surface area contributed by atoms with E-state index in [1.54, 1.807) is 18.2 Å². The third-order valence-electron chi connectivity index (χ3n) is 3.79. The molecule has 0 aromatic heterocycles. The second kappa shape index (κ2) is 5.66. The lowest BCUT2D eigenvalue weighted by Crippen LogP contribution is -2.40. The zero-order chi connectivity index (χ0) is 15.0. The molecule has 0 aliphatic heterocycles. The first-order valence-corrected chi connectivity index (χ1v) is 9.05. The van der Waals surface area contributed by atoms with Crippen LogP contribution in [0.4, 0.5) is 5.69 Å². The van der Waals surface area contributed by atoms with E-state index >= 15 is 0 Å². The zero-order valence-electron chi connectivity index (χ0n) is 11.8. The molecule has 1 unspecified atom stereocenters. The summed E-state index contributed by atoms with van der Waals surface area (Å²) < 4.78 is 28.5. The van der Waals surface area contributed by atoms with E-state index in [0.717, 1.165) is 25.7 Å². The van der Waals surface area contributed by atoms with E-state index in [1.807, 2.05) is 0 Å². The number of halogens is 1. The summed E-state index contributed by atoms with van der Waals surface area (Å²) in [6.07, 6.45) is 3.94. The Balaban J connectivity index is 2.21. The molecular formula is C14H21BrN2O2S. The summed E-state index contributed by atoms with van der Waals surface area (Å²) >= 11 is 3.28. The highest BCUT2D eigenvalue weighted by Gasteiger charge is 2.31. The van der Waals surface area contributed by atoms with Crippen LogP contribution in [0.15, 0.2) is 27.6 Å². The molecule has 0 bridgehead atoms. The molecule has 4 nitrogen and oxygen atoms in total. The van der Waals surface area contributed by atoms with Crippen molar-refractivity contribution in [3.8, 4) is 0 Å². The first kappa shape index (κ1) is 15.8. The topological polar surface area (TPSA) is 72.2 Å². The highest BCUT2D eigenvalue weighted by atomic mass is 79.9. The molecule has 0 spiro atoms. The predicted molar refractivity (Wildman–Crippen MR) is 84.9 cm³/mol. The molecule has 112 valence electrons. The number of nitrogens with two attached hydrogens (primary N) is 1. The molecule has 6 heteroatoms. The second-order valence-corrected chi connectivity index (χ2v) is 8.86. The molecule has 1 aromatic carbocycles. The molecule has 1 fully saturated rings. The Bertz CT molecular complexity index is 599. The van der Waals surface area contributed by atoms with Crippen LogP contribution in [-0.4, -0.2) is 14.5 Å². The number of hydrogen-bond acceptors (Lipinski definition) is 3. The van der Waals surface area contributed by atoms with Gasteiger partial charge in [-0.3, -0.25) is 0 Å². The van der Waals surface area contributed by atoms with Gasteiger partial charge in [0.1, 0.15) is 4.90 Å². The minimum atomic E-state index is -3.57. The van der Waals surface area contributed by atoms with E-state index in [4.69, 9.17) is 5.73 Å². The summed E-state index contributed by atoms with van der Waals surface area (Å²) in [6.45, 7) is 4.36. The molecule has 0 saturated heterocycles. The van der Waals surface area contributed by atoms with Gasteiger partial charge in [0.15, 0.2) is 0 Å². The van der Waals surface area contributed by atoms with E-state index in [2.05, 4.69) is 34.5 Å². The Kier molecular flexibility index (Phi) is 4.47. The van der Waals surface area contributed by atoms with E-state index in [9.17, 15) is 8.42 Å². The van der Waals surface area contributed by atoms with Gasteiger partial charge in [0.2, 0.25) is 10.0 Å². The Hall–Kier alpha value is -0.590. The lowest BCUT2D eigenvalue weighted by Gasteiger charge is -2.35. The van der Waals surface area contributed by atoms with Gasteiger partial charge in [0.25, 0.3) is 0 Å². The fourth-order valence-corrected chi connectivity index (χ4v) is 4.76. The van der Waals surface area contributed by atoms with Crippen LogP contribution in [0.5, 0.6) is 0 Å². The Morgan fingerprint density at radius 2 is 2.10 bits per heavy atom. The van der Waals surface area contributed by atoms with Crippen molar-refractivity contribution in [3.63, 3.8) is 0 Å². The van der Waals surface area contributed by atoms with Gasteiger partial charge in [0, 0.05) is 10.5 Å². The maximum Gasteiger partial charge on any atom is 0.242 e. The van der Waals surface area contributed by atoms with Gasteiger partial charge < -0.3 is 5.73 Å². The van der Waals surface area contributed by atoms with Gasteiger partial charge in [-0.05, 0) is 42.9 Å². The molecule has 0 heterocycles. The smallest absolute Gasteiger partial charge is 0.242 e. The Morgan fingerprint density at radius 3 is 2.75 bits per heavy atom. The molecule has 1 aliphatic rings. The van der Waals surface area contributed by atoms with Crippen molar-refractivity contribution in [1.29, 1.82) is 0 Å². The number of benzene rings is 1. The lowest BCUT2D eigenvalue weighted by molar-refractivity contribution is 0.212. The summed E-state index contributed by atoms with van der Waals surface area (Å²) in [6, 6.07) is 4.87. The fourth-order valence-electron chi connectivity index (χ4n) is 2.82. The van der Waals surface area contributed by atoms with Crippen molar-refractivity contribution < 1.29 is 8.42 Å². The first-order valence-electron chi connectivity index (χ1n) is 6.77. The van der Waals surface area contributed by atoms with Gasteiger partial charge >= 0.3 is 0 Å². The van der Waals surface area contributed by atoms with E-state index in [1.165, 1.54) is 0 Å². The highest BCUT2D eigenvalue weighted by molar-refractivity contribution is 9.10. The standard InChI is InChI=1S/C14H21BrN2O2S/c1-14(2)7-3-4-11(9-14)17-20(18,19)13-8-10(15)5-6-12(13)16/h5-6,8,11,17H,3-4,7,9,16H2,1-2H3. The Labute approximate surface area is 129 Å². The molecule has 3 N–H and O–H groups in total. The predicted octanol–water partition coefficient (Wildman–Crippen LogP) is 3.28. The summed E-state index contributed by atoms with van der Waals surface area (Å²) in [7, 11) is -3.57. The van der Waals surface area contributed by atoms with Crippen LogP contribution in [0, 0.1) is 5.41 Å². The van der Waals surface area contributed by atoms with Crippen molar-refractivity contribution in [3.05, 3.63) is 22.7 Å². The maximum absolute atomic E-state index is 12.5. The molecule has 1 aromatic rings. The van der Waals surface area contributed by atoms with Crippen LogP contribution in [-0.2, 0) is 10.0 Å². The first-order chi connectivity index (χ1) is 9.20. The third-order valence-corrected chi connectivity index (χ3v) is 5.86. The number of sulfonamides is 1. The van der Waals surface area contributed by atoms with E-state index < -0.39 is 10.0 Å². The zero-order valence-corrected chi connectivity index (χ0v) is 14.2. The number of rotatable bonds is 3. The van der Waals surface area contributed by atoms with Crippen LogP contribution in [0.25, 0.3) is 0 Å². The second-order valence-electron chi connectivity index (χ2n) is 6.26. The van der Waals surface area contributed by atoms with Crippen molar-refractivity contribution in [1.82, 2.24) is 4.72 Å². The molecular weight excluding hydrogens is 340 g/mol. The number of nitrogens with one attached hydrogen (secondary N) is 1. The van der Waals surface area contributed by atoms with Gasteiger partial charge in [-0.25, -0.2) is 13.1 Å². The lowest BCUT2D eigenvalue weighted by atomic mass is 9.75. The van der Waals surface area contributed by atoms with Gasteiger partial charge in [0.05, 0.1) is 5.69 Å². The van der Waals surface area contributed by atoms with Crippen LogP contribution < -0.4 is 10.5 Å². The van der Waals surface area contributed by atoms with Crippen LogP contribution in [0.2, 0.25) is 0 Å². The van der Waals surface area contributed by atoms with Crippen molar-refractivity contribution >= 4 is 31.6 Å².